The van der Waals surface area contributed by atoms with E-state index in [-0.39, 0.29) is 17.2 Å². The molecule has 2 unspecified atom stereocenters. The molecule has 120 valence electrons. The largest absolute Gasteiger partial charge is 0.348 e. The molecule has 0 saturated carbocycles. The Kier molecular flexibility index (Phi) is 5.03. The first-order valence-corrected chi connectivity index (χ1v) is 9.45. The fraction of sp³-hybridized carbons (Fsp3) is 0.294. The van der Waals surface area contributed by atoms with Gasteiger partial charge in [0.05, 0.1) is 28.1 Å². The van der Waals surface area contributed by atoms with Crippen LogP contribution in [0.3, 0.4) is 0 Å². The van der Waals surface area contributed by atoms with E-state index in [9.17, 15) is 4.79 Å². The van der Waals surface area contributed by atoms with Crippen LogP contribution in [0.5, 0.6) is 0 Å². The van der Waals surface area contributed by atoms with Gasteiger partial charge in [-0.2, -0.15) is 0 Å². The van der Waals surface area contributed by atoms with Crippen LogP contribution in [0.1, 0.15) is 35.8 Å². The SMILES string of the molecule is CC(NC(=O)CSC(C)c1nc2ccccc2[nH]1)c1cccs1. The van der Waals surface area contributed by atoms with Crippen LogP contribution in [0.15, 0.2) is 41.8 Å². The standard InChI is InChI=1S/C17H19N3OS2/c1-11(15-8-5-9-22-15)18-16(21)10-23-12(2)17-19-13-6-3-4-7-14(13)20-17/h3-9,11-12H,10H2,1-2H3,(H,18,21)(H,19,20). The first-order valence-electron chi connectivity index (χ1n) is 7.52. The van der Waals surface area contributed by atoms with Crippen molar-refractivity contribution in [2.24, 2.45) is 0 Å². The Bertz CT molecular complexity index is 749. The summed E-state index contributed by atoms with van der Waals surface area (Å²) >= 11 is 3.25. The molecule has 2 heterocycles. The third-order valence-electron chi connectivity index (χ3n) is 3.60. The minimum Gasteiger partial charge on any atom is -0.348 e. The molecule has 2 atom stereocenters. The Labute approximate surface area is 143 Å². The lowest BCUT2D eigenvalue weighted by Gasteiger charge is -2.13. The summed E-state index contributed by atoms with van der Waals surface area (Å²) in [6, 6.07) is 12.1. The molecule has 0 radical (unpaired) electrons. The second-order valence-corrected chi connectivity index (χ2v) is 7.71. The summed E-state index contributed by atoms with van der Waals surface area (Å²) in [7, 11) is 0. The molecule has 4 nitrogen and oxygen atoms in total. The fourth-order valence-corrected chi connectivity index (χ4v) is 3.83. The van der Waals surface area contributed by atoms with E-state index in [2.05, 4.69) is 22.2 Å². The van der Waals surface area contributed by atoms with Crippen LogP contribution >= 0.6 is 23.1 Å². The van der Waals surface area contributed by atoms with Gasteiger partial charge in [0, 0.05) is 4.88 Å². The van der Waals surface area contributed by atoms with Gasteiger partial charge in [-0.25, -0.2) is 4.98 Å². The maximum atomic E-state index is 12.1. The summed E-state index contributed by atoms with van der Waals surface area (Å²) in [6.45, 7) is 4.08. The number of carbonyl (C=O) groups excluding carboxylic acids is 1. The van der Waals surface area contributed by atoms with Gasteiger partial charge in [0.25, 0.3) is 0 Å². The topological polar surface area (TPSA) is 57.8 Å². The number of thiophene rings is 1. The molecule has 2 N–H and O–H groups in total. The number of fused-ring (bicyclic) bond motifs is 1. The summed E-state index contributed by atoms with van der Waals surface area (Å²) in [4.78, 5) is 21.2. The number of nitrogens with zero attached hydrogens (tertiary/aromatic N) is 1. The number of aromatic nitrogens is 2. The van der Waals surface area contributed by atoms with E-state index in [4.69, 9.17) is 0 Å². The van der Waals surface area contributed by atoms with Crippen molar-refractivity contribution in [1.29, 1.82) is 0 Å². The summed E-state index contributed by atoms with van der Waals surface area (Å²) in [5, 5.41) is 5.20. The number of amides is 1. The van der Waals surface area contributed by atoms with Gasteiger partial charge >= 0.3 is 0 Å². The predicted molar refractivity (Wildman–Crippen MR) is 97.8 cm³/mol. The molecule has 0 aliphatic heterocycles. The average molecular weight is 345 g/mol. The van der Waals surface area contributed by atoms with Gasteiger partial charge in [0.1, 0.15) is 5.82 Å². The van der Waals surface area contributed by atoms with Gasteiger partial charge in [-0.05, 0) is 37.4 Å². The molecule has 3 aromatic rings. The van der Waals surface area contributed by atoms with E-state index in [1.807, 2.05) is 48.7 Å². The Morgan fingerprint density at radius 2 is 2.13 bits per heavy atom. The first-order chi connectivity index (χ1) is 11.1. The van der Waals surface area contributed by atoms with Crippen molar-refractivity contribution in [3.8, 4) is 0 Å². The van der Waals surface area contributed by atoms with Crippen LogP contribution in [0.4, 0.5) is 0 Å². The highest BCUT2D eigenvalue weighted by Crippen LogP contribution is 2.27. The second-order valence-electron chi connectivity index (χ2n) is 5.40. The van der Waals surface area contributed by atoms with Crippen LogP contribution in [-0.4, -0.2) is 21.6 Å². The molecule has 0 aliphatic carbocycles. The minimum atomic E-state index is 0.0545. The number of benzene rings is 1. The van der Waals surface area contributed by atoms with Crippen molar-refractivity contribution >= 4 is 40.0 Å². The zero-order valence-electron chi connectivity index (χ0n) is 13.1. The first kappa shape index (κ1) is 16.1. The zero-order chi connectivity index (χ0) is 16.2. The highest BCUT2D eigenvalue weighted by atomic mass is 32.2. The monoisotopic (exact) mass is 345 g/mol. The molecular weight excluding hydrogens is 326 g/mol. The van der Waals surface area contributed by atoms with Crippen molar-refractivity contribution in [3.05, 3.63) is 52.5 Å². The molecule has 2 aromatic heterocycles. The summed E-state index contributed by atoms with van der Waals surface area (Å²) in [5.41, 5.74) is 2.00. The summed E-state index contributed by atoms with van der Waals surface area (Å²) in [5.74, 6) is 1.39. The number of rotatable bonds is 6. The van der Waals surface area contributed by atoms with Crippen LogP contribution in [0.25, 0.3) is 11.0 Å². The molecule has 0 saturated heterocycles. The number of nitrogens with one attached hydrogen (secondary N) is 2. The summed E-state index contributed by atoms with van der Waals surface area (Å²) in [6.07, 6.45) is 0. The van der Waals surface area contributed by atoms with E-state index in [0.717, 1.165) is 16.9 Å². The third-order valence-corrected chi connectivity index (χ3v) is 5.81. The number of aromatic amines is 1. The molecule has 1 amide bonds. The van der Waals surface area contributed by atoms with Crippen LogP contribution in [0.2, 0.25) is 0 Å². The number of H-pyrrole nitrogens is 1. The van der Waals surface area contributed by atoms with Gasteiger partial charge in [-0.15, -0.1) is 23.1 Å². The number of hydrogen-bond acceptors (Lipinski definition) is 4. The molecule has 0 aliphatic rings. The van der Waals surface area contributed by atoms with Gasteiger partial charge in [0.15, 0.2) is 0 Å². The molecular formula is C17H19N3OS2. The number of hydrogen-bond donors (Lipinski definition) is 2. The van der Waals surface area contributed by atoms with E-state index < -0.39 is 0 Å². The Morgan fingerprint density at radius 1 is 1.30 bits per heavy atom. The van der Waals surface area contributed by atoms with Gasteiger partial charge in [-0.3, -0.25) is 4.79 Å². The zero-order valence-corrected chi connectivity index (χ0v) is 14.7. The molecule has 0 spiro atoms. The Balaban J connectivity index is 1.54. The van der Waals surface area contributed by atoms with E-state index in [1.165, 1.54) is 4.88 Å². The lowest BCUT2D eigenvalue weighted by atomic mass is 10.3. The Morgan fingerprint density at radius 3 is 2.87 bits per heavy atom. The quantitative estimate of drug-likeness (QED) is 0.700. The van der Waals surface area contributed by atoms with E-state index in [0.29, 0.717) is 5.75 Å². The van der Waals surface area contributed by atoms with Crippen molar-refractivity contribution in [2.45, 2.75) is 25.1 Å². The molecule has 1 aromatic carbocycles. The second kappa shape index (κ2) is 7.19. The average Bonchev–Trinajstić information content (AvgIpc) is 3.21. The van der Waals surface area contributed by atoms with Crippen LogP contribution in [-0.2, 0) is 4.79 Å². The van der Waals surface area contributed by atoms with Crippen molar-refractivity contribution in [3.63, 3.8) is 0 Å². The molecule has 0 fully saturated rings. The smallest absolute Gasteiger partial charge is 0.230 e. The number of imidazole rings is 1. The highest BCUT2D eigenvalue weighted by Gasteiger charge is 2.15. The summed E-state index contributed by atoms with van der Waals surface area (Å²) < 4.78 is 0. The van der Waals surface area contributed by atoms with E-state index >= 15 is 0 Å². The van der Waals surface area contributed by atoms with Gasteiger partial charge in [0.2, 0.25) is 5.91 Å². The predicted octanol–water partition coefficient (Wildman–Crippen LogP) is 4.30. The van der Waals surface area contributed by atoms with E-state index in [1.54, 1.807) is 23.1 Å². The van der Waals surface area contributed by atoms with Gasteiger partial charge in [-0.1, -0.05) is 18.2 Å². The van der Waals surface area contributed by atoms with Crippen molar-refractivity contribution in [2.75, 3.05) is 5.75 Å². The lowest BCUT2D eigenvalue weighted by Crippen LogP contribution is -2.27. The normalized spacial score (nSPS) is 13.8. The fourth-order valence-electron chi connectivity index (χ4n) is 2.34. The van der Waals surface area contributed by atoms with Crippen molar-refractivity contribution in [1.82, 2.24) is 15.3 Å². The third kappa shape index (κ3) is 3.95. The maximum Gasteiger partial charge on any atom is 0.230 e. The molecule has 3 rings (SSSR count). The molecule has 6 heteroatoms. The number of thioether (sulfide) groups is 1. The highest BCUT2D eigenvalue weighted by molar-refractivity contribution is 8.00. The molecule has 0 bridgehead atoms. The maximum absolute atomic E-state index is 12.1. The van der Waals surface area contributed by atoms with Crippen LogP contribution < -0.4 is 5.32 Å². The van der Waals surface area contributed by atoms with Crippen LogP contribution in [0, 0.1) is 0 Å². The lowest BCUT2D eigenvalue weighted by molar-refractivity contribution is -0.119. The molecule has 23 heavy (non-hydrogen) atoms. The van der Waals surface area contributed by atoms with Gasteiger partial charge < -0.3 is 10.3 Å². The number of carbonyl (C=O) groups is 1. The number of para-hydroxylation sites is 2. The van der Waals surface area contributed by atoms with Crippen molar-refractivity contribution < 1.29 is 4.79 Å². The minimum absolute atomic E-state index is 0.0545. The Hall–Kier alpha value is -1.79.